The predicted octanol–water partition coefficient (Wildman–Crippen LogP) is 0.760. The number of ether oxygens (including phenoxy) is 1. The van der Waals surface area contributed by atoms with Crippen molar-refractivity contribution >= 4 is 0 Å². The summed E-state index contributed by atoms with van der Waals surface area (Å²) in [7, 11) is 0. The standard InChI is InChI=1S/C7H15NO/c1-6-3-7(2,4-8)5-9-6/h6H,3-5,8H2,1-2H3/t6-,7+/m1/s1. The molecular weight excluding hydrogens is 114 g/mol. The molecule has 1 fully saturated rings. The summed E-state index contributed by atoms with van der Waals surface area (Å²) >= 11 is 0. The fraction of sp³-hybridized carbons (Fsp3) is 1.00. The van der Waals surface area contributed by atoms with Crippen molar-refractivity contribution in [3.05, 3.63) is 0 Å². The minimum Gasteiger partial charge on any atom is -0.378 e. The van der Waals surface area contributed by atoms with Gasteiger partial charge in [-0.05, 0) is 19.9 Å². The van der Waals surface area contributed by atoms with Crippen LogP contribution in [0.2, 0.25) is 0 Å². The maximum atomic E-state index is 5.55. The Morgan fingerprint density at radius 1 is 1.78 bits per heavy atom. The van der Waals surface area contributed by atoms with Gasteiger partial charge in [-0.3, -0.25) is 0 Å². The quantitative estimate of drug-likeness (QED) is 0.567. The molecule has 0 aromatic carbocycles. The highest BCUT2D eigenvalue weighted by Crippen LogP contribution is 2.30. The lowest BCUT2D eigenvalue weighted by Crippen LogP contribution is -2.27. The van der Waals surface area contributed by atoms with Gasteiger partial charge in [-0.15, -0.1) is 0 Å². The Hall–Kier alpha value is -0.0800. The molecule has 9 heavy (non-hydrogen) atoms. The SMILES string of the molecule is C[C@@H]1C[C@@](C)(CN)CO1. The maximum absolute atomic E-state index is 5.55. The van der Waals surface area contributed by atoms with E-state index in [9.17, 15) is 0 Å². The van der Waals surface area contributed by atoms with Crippen LogP contribution in [0.3, 0.4) is 0 Å². The average Bonchev–Trinajstić information content (AvgIpc) is 2.13. The molecule has 0 aliphatic carbocycles. The van der Waals surface area contributed by atoms with Crippen molar-refractivity contribution in [2.24, 2.45) is 11.1 Å². The topological polar surface area (TPSA) is 35.2 Å². The van der Waals surface area contributed by atoms with Gasteiger partial charge < -0.3 is 10.5 Å². The van der Waals surface area contributed by atoms with Gasteiger partial charge in [0.05, 0.1) is 12.7 Å². The molecule has 54 valence electrons. The van der Waals surface area contributed by atoms with Crippen LogP contribution in [0.15, 0.2) is 0 Å². The van der Waals surface area contributed by atoms with Gasteiger partial charge in [-0.25, -0.2) is 0 Å². The van der Waals surface area contributed by atoms with Gasteiger partial charge in [0.25, 0.3) is 0 Å². The summed E-state index contributed by atoms with van der Waals surface area (Å²) in [5.74, 6) is 0. The van der Waals surface area contributed by atoms with E-state index >= 15 is 0 Å². The van der Waals surface area contributed by atoms with Crippen LogP contribution in [-0.2, 0) is 4.74 Å². The smallest absolute Gasteiger partial charge is 0.0553 e. The van der Waals surface area contributed by atoms with Crippen LogP contribution in [-0.4, -0.2) is 19.3 Å². The van der Waals surface area contributed by atoms with Crippen LogP contribution >= 0.6 is 0 Å². The van der Waals surface area contributed by atoms with E-state index in [-0.39, 0.29) is 5.41 Å². The summed E-state index contributed by atoms with van der Waals surface area (Å²) in [6, 6.07) is 0. The van der Waals surface area contributed by atoms with Crippen LogP contribution in [0.5, 0.6) is 0 Å². The Labute approximate surface area is 56.4 Å². The zero-order valence-electron chi connectivity index (χ0n) is 6.18. The van der Waals surface area contributed by atoms with Gasteiger partial charge in [0.2, 0.25) is 0 Å². The van der Waals surface area contributed by atoms with Crippen LogP contribution in [0.1, 0.15) is 20.3 Å². The fourth-order valence-corrected chi connectivity index (χ4v) is 1.30. The Morgan fingerprint density at radius 2 is 2.44 bits per heavy atom. The van der Waals surface area contributed by atoms with Crippen molar-refractivity contribution in [1.29, 1.82) is 0 Å². The molecule has 0 radical (unpaired) electrons. The Bertz CT molecular complexity index is 105. The largest absolute Gasteiger partial charge is 0.378 e. The van der Waals surface area contributed by atoms with Crippen molar-refractivity contribution < 1.29 is 4.74 Å². The molecule has 1 aliphatic heterocycles. The van der Waals surface area contributed by atoms with E-state index in [1.165, 1.54) is 0 Å². The maximum Gasteiger partial charge on any atom is 0.0553 e. The summed E-state index contributed by atoms with van der Waals surface area (Å²) in [6.07, 6.45) is 1.53. The predicted molar refractivity (Wildman–Crippen MR) is 37.2 cm³/mol. The van der Waals surface area contributed by atoms with Crippen LogP contribution in [0, 0.1) is 5.41 Å². The van der Waals surface area contributed by atoms with Crippen molar-refractivity contribution in [3.8, 4) is 0 Å². The van der Waals surface area contributed by atoms with Crippen molar-refractivity contribution in [1.82, 2.24) is 0 Å². The van der Waals surface area contributed by atoms with Crippen molar-refractivity contribution in [2.45, 2.75) is 26.4 Å². The van der Waals surface area contributed by atoms with Crippen LogP contribution in [0.4, 0.5) is 0 Å². The Morgan fingerprint density at radius 3 is 2.67 bits per heavy atom. The lowest BCUT2D eigenvalue weighted by atomic mass is 9.88. The second-order valence-electron chi connectivity index (χ2n) is 3.34. The summed E-state index contributed by atoms with van der Waals surface area (Å²) in [4.78, 5) is 0. The van der Waals surface area contributed by atoms with Gasteiger partial charge in [-0.1, -0.05) is 6.92 Å². The summed E-state index contributed by atoms with van der Waals surface area (Å²) < 4.78 is 5.38. The molecule has 1 heterocycles. The number of hydrogen-bond donors (Lipinski definition) is 1. The number of nitrogens with two attached hydrogens (primary N) is 1. The number of hydrogen-bond acceptors (Lipinski definition) is 2. The number of rotatable bonds is 1. The van der Waals surface area contributed by atoms with E-state index in [2.05, 4.69) is 13.8 Å². The van der Waals surface area contributed by atoms with Crippen molar-refractivity contribution in [2.75, 3.05) is 13.2 Å². The monoisotopic (exact) mass is 129 g/mol. The van der Waals surface area contributed by atoms with E-state index in [1.54, 1.807) is 0 Å². The molecule has 0 amide bonds. The van der Waals surface area contributed by atoms with Crippen LogP contribution < -0.4 is 5.73 Å². The van der Waals surface area contributed by atoms with Gasteiger partial charge in [0.15, 0.2) is 0 Å². The zero-order valence-corrected chi connectivity index (χ0v) is 6.18. The van der Waals surface area contributed by atoms with E-state index in [4.69, 9.17) is 10.5 Å². The van der Waals surface area contributed by atoms with Gasteiger partial charge in [-0.2, -0.15) is 0 Å². The molecule has 0 bridgehead atoms. The summed E-state index contributed by atoms with van der Waals surface area (Å²) in [6.45, 7) is 5.86. The van der Waals surface area contributed by atoms with Gasteiger partial charge in [0, 0.05) is 5.41 Å². The molecule has 1 aliphatic rings. The highest BCUT2D eigenvalue weighted by molar-refractivity contribution is 4.82. The molecule has 2 N–H and O–H groups in total. The first kappa shape index (κ1) is 7.03. The second kappa shape index (κ2) is 2.27. The molecule has 1 rings (SSSR count). The molecule has 0 aromatic heterocycles. The lowest BCUT2D eigenvalue weighted by molar-refractivity contribution is 0.110. The highest BCUT2D eigenvalue weighted by atomic mass is 16.5. The molecule has 0 spiro atoms. The Kier molecular flexibility index (Phi) is 1.78. The minimum absolute atomic E-state index is 0.263. The second-order valence-corrected chi connectivity index (χ2v) is 3.34. The van der Waals surface area contributed by atoms with Crippen molar-refractivity contribution in [3.63, 3.8) is 0 Å². The lowest BCUT2D eigenvalue weighted by Gasteiger charge is -2.17. The zero-order chi connectivity index (χ0) is 6.91. The van der Waals surface area contributed by atoms with Gasteiger partial charge >= 0.3 is 0 Å². The van der Waals surface area contributed by atoms with E-state index < -0.39 is 0 Å². The summed E-state index contributed by atoms with van der Waals surface area (Å²) in [5, 5.41) is 0. The van der Waals surface area contributed by atoms with E-state index in [0.717, 1.165) is 19.6 Å². The third-order valence-electron chi connectivity index (χ3n) is 1.99. The minimum atomic E-state index is 0.263. The molecule has 2 nitrogen and oxygen atoms in total. The highest BCUT2D eigenvalue weighted by Gasteiger charge is 2.32. The van der Waals surface area contributed by atoms with Crippen LogP contribution in [0.25, 0.3) is 0 Å². The first-order valence-corrected chi connectivity index (χ1v) is 3.48. The molecule has 0 aromatic rings. The molecule has 0 saturated carbocycles. The van der Waals surface area contributed by atoms with E-state index in [0.29, 0.717) is 6.10 Å². The normalized spacial score (nSPS) is 43.7. The molecular formula is C7H15NO. The first-order chi connectivity index (χ1) is 4.16. The molecule has 2 atom stereocenters. The summed E-state index contributed by atoms with van der Waals surface area (Å²) in [5.41, 5.74) is 5.81. The fourth-order valence-electron chi connectivity index (χ4n) is 1.30. The van der Waals surface area contributed by atoms with Gasteiger partial charge in [0.1, 0.15) is 0 Å². The average molecular weight is 129 g/mol. The Balaban J connectivity index is 2.45. The third kappa shape index (κ3) is 1.43. The third-order valence-corrected chi connectivity index (χ3v) is 1.99. The molecule has 1 saturated heterocycles. The van der Waals surface area contributed by atoms with E-state index in [1.807, 2.05) is 0 Å². The first-order valence-electron chi connectivity index (χ1n) is 3.48. The molecule has 0 unspecified atom stereocenters. The molecule has 2 heteroatoms.